The summed E-state index contributed by atoms with van der Waals surface area (Å²) < 4.78 is 5.14. The molecule has 0 heterocycles. The number of likely N-dealkylation sites (N-methyl/N-ethyl adjacent to an activating group) is 1. The second-order valence-electron chi connectivity index (χ2n) is 6.23. The number of carbonyl (C=O) groups excluding carboxylic acids is 2. The van der Waals surface area contributed by atoms with Gasteiger partial charge in [-0.25, -0.2) is 0 Å². The first kappa shape index (κ1) is 19.5. The van der Waals surface area contributed by atoms with E-state index in [2.05, 4.69) is 10.6 Å². The summed E-state index contributed by atoms with van der Waals surface area (Å²) in [6.45, 7) is 2.49. The topological polar surface area (TPSA) is 71.9 Å². The Morgan fingerprint density at radius 2 is 1.85 bits per heavy atom. The fourth-order valence-corrected chi connectivity index (χ4v) is 2.47. The van der Waals surface area contributed by atoms with Gasteiger partial charge in [0.05, 0.1) is 14.2 Å². The van der Waals surface area contributed by atoms with Gasteiger partial charge in [-0.05, 0) is 24.6 Å². The van der Waals surface area contributed by atoms with Crippen LogP contribution in [0.4, 0.5) is 5.69 Å². The van der Waals surface area contributed by atoms with Crippen LogP contribution in [-0.2, 0) is 16.1 Å². The highest BCUT2D eigenvalue weighted by atomic mass is 16.5. The Labute approximate surface area is 154 Å². The Kier molecular flexibility index (Phi) is 7.17. The summed E-state index contributed by atoms with van der Waals surface area (Å²) in [4.78, 5) is 25.3. The van der Waals surface area contributed by atoms with Gasteiger partial charge in [-0.1, -0.05) is 36.4 Å². The highest BCUT2D eigenvalue weighted by molar-refractivity contribution is 5.91. The van der Waals surface area contributed by atoms with Crippen LogP contribution in [0.3, 0.4) is 0 Å². The Morgan fingerprint density at radius 3 is 2.54 bits per heavy atom. The quantitative estimate of drug-likeness (QED) is 0.657. The summed E-state index contributed by atoms with van der Waals surface area (Å²) >= 11 is 0. The fourth-order valence-electron chi connectivity index (χ4n) is 2.47. The normalized spacial score (nSPS) is 12.7. The van der Waals surface area contributed by atoms with Crippen LogP contribution < -0.4 is 20.3 Å². The lowest BCUT2D eigenvalue weighted by atomic mass is 10.2. The standard InChI is InChI=1S/C20H25N3O3/c1-15(20(25)21-13-16-8-5-4-6-9-16)23(2)14-19(24)22-17-10-7-11-18(12-17)26-3/h4-12,15H,13-14H2,1-3H3,(H,21,25)(H,22,24)/p+1/t15-/m0/s1. The molecule has 6 nitrogen and oxygen atoms in total. The third-order valence-electron chi connectivity index (χ3n) is 4.23. The summed E-state index contributed by atoms with van der Waals surface area (Å²) in [5, 5.41) is 5.74. The van der Waals surface area contributed by atoms with Crippen molar-refractivity contribution >= 4 is 17.5 Å². The molecule has 0 aliphatic heterocycles. The number of benzene rings is 2. The summed E-state index contributed by atoms with van der Waals surface area (Å²) in [6, 6.07) is 16.6. The molecule has 26 heavy (non-hydrogen) atoms. The number of methoxy groups -OCH3 is 1. The highest BCUT2D eigenvalue weighted by Crippen LogP contribution is 2.16. The maximum atomic E-state index is 12.3. The van der Waals surface area contributed by atoms with Crippen LogP contribution in [0.2, 0.25) is 0 Å². The van der Waals surface area contributed by atoms with Gasteiger partial charge in [-0.3, -0.25) is 9.59 Å². The van der Waals surface area contributed by atoms with Crippen LogP contribution in [0.5, 0.6) is 5.75 Å². The van der Waals surface area contributed by atoms with Crippen LogP contribution in [-0.4, -0.2) is 38.6 Å². The van der Waals surface area contributed by atoms with Crippen molar-refractivity contribution in [3.8, 4) is 5.75 Å². The molecule has 0 saturated carbocycles. The number of ether oxygens (including phenoxy) is 1. The third kappa shape index (κ3) is 5.89. The lowest BCUT2D eigenvalue weighted by molar-refractivity contribution is -0.885. The maximum absolute atomic E-state index is 12.3. The van der Waals surface area contributed by atoms with E-state index in [4.69, 9.17) is 4.74 Å². The summed E-state index contributed by atoms with van der Waals surface area (Å²) in [7, 11) is 3.41. The molecule has 3 N–H and O–H groups in total. The van der Waals surface area contributed by atoms with Crippen molar-refractivity contribution in [1.82, 2.24) is 5.32 Å². The SMILES string of the molecule is COc1cccc(NC(=O)C[NH+](C)[C@@H](C)C(=O)NCc2ccccc2)c1. The molecule has 2 aromatic rings. The van der Waals surface area contributed by atoms with Crippen molar-refractivity contribution in [2.24, 2.45) is 0 Å². The van der Waals surface area contributed by atoms with E-state index < -0.39 is 0 Å². The van der Waals surface area contributed by atoms with Gasteiger partial charge in [0, 0.05) is 18.3 Å². The molecule has 0 bridgehead atoms. The fraction of sp³-hybridized carbons (Fsp3) is 0.300. The highest BCUT2D eigenvalue weighted by Gasteiger charge is 2.23. The largest absolute Gasteiger partial charge is 0.497 e. The number of amides is 2. The second-order valence-corrected chi connectivity index (χ2v) is 6.23. The van der Waals surface area contributed by atoms with Crippen molar-refractivity contribution in [3.05, 3.63) is 60.2 Å². The van der Waals surface area contributed by atoms with E-state index in [1.165, 1.54) is 0 Å². The van der Waals surface area contributed by atoms with E-state index in [0.717, 1.165) is 10.5 Å². The third-order valence-corrected chi connectivity index (χ3v) is 4.23. The molecule has 2 atom stereocenters. The number of rotatable bonds is 8. The van der Waals surface area contributed by atoms with E-state index in [-0.39, 0.29) is 24.4 Å². The van der Waals surface area contributed by atoms with Crippen LogP contribution in [0.15, 0.2) is 54.6 Å². The van der Waals surface area contributed by atoms with E-state index in [1.807, 2.05) is 56.4 Å². The average molecular weight is 356 g/mol. The Bertz CT molecular complexity index is 734. The Morgan fingerprint density at radius 1 is 1.12 bits per heavy atom. The molecule has 0 aliphatic rings. The van der Waals surface area contributed by atoms with Crippen molar-refractivity contribution < 1.29 is 19.2 Å². The van der Waals surface area contributed by atoms with E-state index in [9.17, 15) is 9.59 Å². The average Bonchev–Trinajstić information content (AvgIpc) is 2.66. The molecule has 6 heteroatoms. The van der Waals surface area contributed by atoms with E-state index in [0.29, 0.717) is 18.0 Å². The molecule has 0 saturated heterocycles. The second kappa shape index (κ2) is 9.58. The smallest absolute Gasteiger partial charge is 0.279 e. The molecule has 2 aromatic carbocycles. The number of nitrogens with one attached hydrogen (secondary N) is 3. The predicted molar refractivity (Wildman–Crippen MR) is 101 cm³/mol. The Balaban J connectivity index is 1.82. The van der Waals surface area contributed by atoms with E-state index >= 15 is 0 Å². The van der Waals surface area contributed by atoms with Crippen molar-refractivity contribution in [2.45, 2.75) is 19.5 Å². The monoisotopic (exact) mass is 356 g/mol. The zero-order chi connectivity index (χ0) is 18.9. The van der Waals surface area contributed by atoms with Gasteiger partial charge in [0.2, 0.25) is 0 Å². The number of hydrogen-bond acceptors (Lipinski definition) is 3. The minimum atomic E-state index is -0.338. The summed E-state index contributed by atoms with van der Waals surface area (Å²) in [5.41, 5.74) is 1.71. The van der Waals surface area contributed by atoms with Gasteiger partial charge in [-0.15, -0.1) is 0 Å². The van der Waals surface area contributed by atoms with E-state index in [1.54, 1.807) is 19.2 Å². The van der Waals surface area contributed by atoms with Crippen LogP contribution in [0, 0.1) is 0 Å². The van der Waals surface area contributed by atoms with Crippen LogP contribution in [0.25, 0.3) is 0 Å². The van der Waals surface area contributed by atoms with Crippen molar-refractivity contribution in [1.29, 1.82) is 0 Å². The van der Waals surface area contributed by atoms with Gasteiger partial charge in [-0.2, -0.15) is 0 Å². The molecule has 1 unspecified atom stereocenters. The molecular weight excluding hydrogens is 330 g/mol. The zero-order valence-electron chi connectivity index (χ0n) is 15.4. The predicted octanol–water partition coefficient (Wildman–Crippen LogP) is 0.853. The first-order chi connectivity index (χ1) is 12.5. The molecule has 2 rings (SSSR count). The lowest BCUT2D eigenvalue weighted by Gasteiger charge is -2.20. The summed E-state index contributed by atoms with van der Waals surface area (Å²) in [6.07, 6.45) is 0. The molecular formula is C20H26N3O3+. The van der Waals surface area contributed by atoms with Gasteiger partial charge in [0.15, 0.2) is 12.6 Å². The molecule has 138 valence electrons. The number of quaternary nitrogens is 1. The van der Waals surface area contributed by atoms with Crippen LogP contribution in [0.1, 0.15) is 12.5 Å². The van der Waals surface area contributed by atoms with Gasteiger partial charge in [0.25, 0.3) is 11.8 Å². The molecule has 0 aromatic heterocycles. The van der Waals surface area contributed by atoms with Gasteiger partial charge >= 0.3 is 0 Å². The molecule has 0 spiro atoms. The van der Waals surface area contributed by atoms with Crippen molar-refractivity contribution in [2.75, 3.05) is 26.0 Å². The first-order valence-corrected chi connectivity index (χ1v) is 8.57. The minimum absolute atomic E-state index is 0.0828. The van der Waals surface area contributed by atoms with Crippen LogP contribution >= 0.6 is 0 Å². The van der Waals surface area contributed by atoms with Gasteiger partial charge < -0.3 is 20.3 Å². The number of anilines is 1. The lowest BCUT2D eigenvalue weighted by Crippen LogP contribution is -3.15. The zero-order valence-corrected chi connectivity index (χ0v) is 15.4. The molecule has 0 fully saturated rings. The summed E-state index contributed by atoms with van der Waals surface area (Å²) in [5.74, 6) is 0.441. The number of carbonyl (C=O) groups is 2. The maximum Gasteiger partial charge on any atom is 0.279 e. The Hall–Kier alpha value is -2.86. The first-order valence-electron chi connectivity index (χ1n) is 8.57. The number of hydrogen-bond donors (Lipinski definition) is 3. The molecule has 0 radical (unpaired) electrons. The molecule has 0 aliphatic carbocycles. The minimum Gasteiger partial charge on any atom is -0.497 e. The van der Waals surface area contributed by atoms with Crippen molar-refractivity contribution in [3.63, 3.8) is 0 Å². The molecule has 2 amide bonds. The van der Waals surface area contributed by atoms with Gasteiger partial charge in [0.1, 0.15) is 5.75 Å².